The molecule has 5 N–H and O–H groups in total. The monoisotopic (exact) mass is 623 g/mol. The van der Waals surface area contributed by atoms with Gasteiger partial charge in [0.1, 0.15) is 0 Å². The van der Waals surface area contributed by atoms with Crippen molar-refractivity contribution < 1.29 is 24.2 Å². The Kier molecular flexibility index (Phi) is 7.66. The van der Waals surface area contributed by atoms with E-state index in [4.69, 9.17) is 10.5 Å². The molecule has 0 aromatic heterocycles. The van der Waals surface area contributed by atoms with Crippen molar-refractivity contribution in [1.29, 1.82) is 0 Å². The van der Waals surface area contributed by atoms with E-state index < -0.39 is 20.0 Å². The molecule has 3 aromatic carbocycles. The van der Waals surface area contributed by atoms with Gasteiger partial charge in [0.25, 0.3) is 11.8 Å². The number of rotatable bonds is 7. The quantitative estimate of drug-likeness (QED) is 0.217. The minimum Gasteiger partial charge on any atom is -0.432 e. The lowest BCUT2D eigenvalue weighted by atomic mass is 9.82. The van der Waals surface area contributed by atoms with Crippen LogP contribution in [-0.2, 0) is 21.7 Å². The summed E-state index contributed by atoms with van der Waals surface area (Å²) in [7, 11) is -2.76. The minimum absolute atomic E-state index is 0.0907. The first-order valence-electron chi connectivity index (χ1n) is 13.3. The number of ether oxygens (including phenoxy) is 1. The summed E-state index contributed by atoms with van der Waals surface area (Å²) in [6.07, 6.45) is -0.0885. The number of aliphatic hydroxyl groups excluding tert-OH is 1. The van der Waals surface area contributed by atoms with Gasteiger partial charge < -0.3 is 30.6 Å². The van der Waals surface area contributed by atoms with Crippen LogP contribution in [0.25, 0.3) is 0 Å². The summed E-state index contributed by atoms with van der Waals surface area (Å²) >= 11 is 3.56. The Balaban J connectivity index is 1.47. The zero-order valence-electron chi connectivity index (χ0n) is 22.7. The average molecular weight is 625 g/mol. The molecule has 0 bridgehead atoms. The summed E-state index contributed by atoms with van der Waals surface area (Å²) < 4.78 is 7.46. The molecule has 1 fully saturated rings. The van der Waals surface area contributed by atoms with Crippen LogP contribution in [0.5, 0.6) is 0 Å². The van der Waals surface area contributed by atoms with E-state index in [9.17, 15) is 19.5 Å². The summed E-state index contributed by atoms with van der Waals surface area (Å²) in [6, 6.07) is 19.8. The molecule has 0 saturated carbocycles. The van der Waals surface area contributed by atoms with Crippen LogP contribution in [-0.4, -0.2) is 42.7 Å². The summed E-state index contributed by atoms with van der Waals surface area (Å²) in [6.45, 7) is 5.89. The van der Waals surface area contributed by atoms with E-state index in [0.717, 1.165) is 21.3 Å². The normalized spacial score (nSPS) is 24.0. The van der Waals surface area contributed by atoms with Gasteiger partial charge in [-0.2, -0.15) is 0 Å². The van der Waals surface area contributed by atoms with Gasteiger partial charge in [-0.15, -0.1) is 0 Å². The van der Waals surface area contributed by atoms with Crippen LogP contribution in [0.1, 0.15) is 34.8 Å². The molecule has 0 aliphatic carbocycles. The van der Waals surface area contributed by atoms with E-state index in [1.807, 2.05) is 56.4 Å². The van der Waals surface area contributed by atoms with Crippen molar-refractivity contribution in [2.75, 3.05) is 22.6 Å². The maximum atomic E-state index is 14.4. The predicted octanol–water partition coefficient (Wildman–Crippen LogP) is 5.01. The number of halogens is 1. The minimum atomic E-state index is -2.76. The van der Waals surface area contributed by atoms with Crippen LogP contribution in [0, 0.1) is 5.92 Å². The van der Waals surface area contributed by atoms with Crippen molar-refractivity contribution in [3.05, 3.63) is 87.9 Å². The number of anilines is 3. The molecule has 5 rings (SSSR count). The highest BCUT2D eigenvalue weighted by atomic mass is 79.9. The topological polar surface area (TPSA) is 125 Å². The molecule has 0 radical (unpaired) electrons. The molecular weight excluding hydrogens is 590 g/mol. The molecule has 2 aliphatic heterocycles. The molecule has 3 aromatic rings. The number of aliphatic hydroxyl groups is 1. The molecule has 8 nitrogen and oxygen atoms in total. The summed E-state index contributed by atoms with van der Waals surface area (Å²) in [4.78, 5) is 40.1. The van der Waals surface area contributed by atoms with Crippen molar-refractivity contribution in [3.8, 4) is 0 Å². The van der Waals surface area contributed by atoms with E-state index in [0.29, 0.717) is 23.4 Å². The van der Waals surface area contributed by atoms with Gasteiger partial charge in [0.05, 0.1) is 18.3 Å². The van der Waals surface area contributed by atoms with Crippen LogP contribution in [0.2, 0.25) is 18.6 Å². The molecule has 2 aliphatic rings. The van der Waals surface area contributed by atoms with Crippen LogP contribution >= 0.6 is 15.9 Å². The Morgan fingerprint density at radius 2 is 1.88 bits per heavy atom. The van der Waals surface area contributed by atoms with Gasteiger partial charge in [-0.1, -0.05) is 35.0 Å². The number of carbonyl (C=O) groups excluding carboxylic acids is 2. The van der Waals surface area contributed by atoms with Gasteiger partial charge in [-0.25, -0.2) is 0 Å². The van der Waals surface area contributed by atoms with Crippen LogP contribution < -0.4 is 16.0 Å². The number of hydrogen-bond acceptors (Lipinski definition) is 6. The lowest BCUT2D eigenvalue weighted by Crippen LogP contribution is -2.46. The molecular formula is C30H34BrN3O5Si. The fraction of sp³-hybridized carbons (Fsp3) is 0.333. The van der Waals surface area contributed by atoms with Crippen LogP contribution in [0.3, 0.4) is 0 Å². The molecule has 210 valence electrons. The molecule has 2 amide bonds. The summed E-state index contributed by atoms with van der Waals surface area (Å²) in [5, 5.41) is 12.7. The second-order valence-corrected chi connectivity index (χ2v) is 16.1. The Hall–Kier alpha value is -3.02. The Morgan fingerprint density at radius 3 is 2.55 bits per heavy atom. The smallest absolute Gasteiger partial charge is 0.264 e. The van der Waals surface area contributed by atoms with Crippen molar-refractivity contribution in [2.45, 2.75) is 50.2 Å². The van der Waals surface area contributed by atoms with Crippen molar-refractivity contribution in [2.24, 2.45) is 5.92 Å². The number of nitrogens with zero attached hydrogens (tertiary/aromatic N) is 1. The number of benzene rings is 3. The molecule has 0 unspecified atom stereocenters. The number of nitrogens with two attached hydrogens (primary N) is 1. The first-order valence-corrected chi connectivity index (χ1v) is 17.2. The van der Waals surface area contributed by atoms with Gasteiger partial charge in [-0.05, 0) is 79.7 Å². The molecule has 1 saturated heterocycles. The predicted molar refractivity (Wildman–Crippen MR) is 161 cm³/mol. The fourth-order valence-electron chi connectivity index (χ4n) is 6.37. The Labute approximate surface area is 243 Å². The number of hydrogen-bond donors (Lipinski definition) is 4. The molecule has 1 spiro atoms. The molecule has 10 heteroatoms. The van der Waals surface area contributed by atoms with Gasteiger partial charge in [-0.3, -0.25) is 9.59 Å². The summed E-state index contributed by atoms with van der Waals surface area (Å²) in [5.74, 6) is -0.742. The zero-order chi connectivity index (χ0) is 28.8. The van der Waals surface area contributed by atoms with E-state index >= 15 is 0 Å². The van der Waals surface area contributed by atoms with Crippen LogP contribution in [0.15, 0.2) is 71.2 Å². The van der Waals surface area contributed by atoms with E-state index in [1.165, 1.54) is 0 Å². The second kappa shape index (κ2) is 10.8. The third-order valence-corrected chi connectivity index (χ3v) is 11.1. The highest BCUT2D eigenvalue weighted by Crippen LogP contribution is 2.60. The highest BCUT2D eigenvalue weighted by molar-refractivity contribution is 9.10. The van der Waals surface area contributed by atoms with Crippen molar-refractivity contribution in [1.82, 2.24) is 0 Å². The molecule has 40 heavy (non-hydrogen) atoms. The molecule has 4 atom stereocenters. The largest absolute Gasteiger partial charge is 0.432 e. The highest BCUT2D eigenvalue weighted by Gasteiger charge is 2.66. The average Bonchev–Trinajstić information content (AvgIpc) is 3.31. The standard InChI is InChI=1S/C30H34BrN3O5Si/c1-18-27(40(2,3)38)26(13-14-35)39-30(18)24-16-21(31)9-12-25(24)34(29(30)37)17-19-5-4-6-23(15-19)33-28(36)20-7-10-22(32)11-8-20/h4-12,15-16,18,26-27,35,38H,13-14,17,32H2,1-3H3,(H,33,36)/t18-,26+,27-,30+/m1/s1. The second-order valence-electron chi connectivity index (χ2n) is 11.2. The Morgan fingerprint density at radius 1 is 1.15 bits per heavy atom. The van der Waals surface area contributed by atoms with Crippen molar-refractivity contribution in [3.63, 3.8) is 0 Å². The number of nitrogen functional groups attached to an aromatic ring is 1. The van der Waals surface area contributed by atoms with Gasteiger partial charge in [0, 0.05) is 45.0 Å². The first-order chi connectivity index (χ1) is 19.0. The summed E-state index contributed by atoms with van der Waals surface area (Å²) in [5.41, 5.74) is 8.26. The SMILES string of the molecule is C[C@@H]1[C@@H]([Si](C)(C)O)[C@H](CCO)O[C@@]12C(=O)N(Cc1cccc(NC(=O)c3ccc(N)cc3)c1)c1ccc(Br)cc12. The number of amides is 2. The van der Waals surface area contributed by atoms with Crippen molar-refractivity contribution >= 4 is 53.1 Å². The third-order valence-electron chi connectivity index (χ3n) is 8.06. The number of fused-ring (bicyclic) bond motifs is 2. The van der Waals surface area contributed by atoms with E-state index in [2.05, 4.69) is 21.2 Å². The van der Waals surface area contributed by atoms with Gasteiger partial charge in [0.15, 0.2) is 13.9 Å². The van der Waals surface area contributed by atoms with E-state index in [1.54, 1.807) is 35.2 Å². The van der Waals surface area contributed by atoms with Gasteiger partial charge in [0.2, 0.25) is 0 Å². The number of nitrogens with one attached hydrogen (secondary N) is 1. The first kappa shape index (κ1) is 28.5. The maximum Gasteiger partial charge on any atom is 0.264 e. The maximum absolute atomic E-state index is 14.4. The third kappa shape index (κ3) is 4.99. The fourth-order valence-corrected chi connectivity index (χ4v) is 9.34. The van der Waals surface area contributed by atoms with Crippen LogP contribution in [0.4, 0.5) is 17.1 Å². The number of carbonyl (C=O) groups is 2. The lowest BCUT2D eigenvalue weighted by molar-refractivity contribution is -0.146. The molecule has 2 heterocycles. The Bertz CT molecular complexity index is 1440. The zero-order valence-corrected chi connectivity index (χ0v) is 25.3. The lowest BCUT2D eigenvalue weighted by Gasteiger charge is -2.32. The van der Waals surface area contributed by atoms with Gasteiger partial charge >= 0.3 is 0 Å². The van der Waals surface area contributed by atoms with E-state index in [-0.39, 0.29) is 36.4 Å².